The molecule has 2 rings (SSSR count). The van der Waals surface area contributed by atoms with E-state index in [2.05, 4.69) is 29.2 Å². The smallest absolute Gasteiger partial charge is 0.273 e. The molecule has 25 heavy (non-hydrogen) atoms. The van der Waals surface area contributed by atoms with Crippen LogP contribution in [0.3, 0.4) is 0 Å². The molecule has 2 N–H and O–H groups in total. The van der Waals surface area contributed by atoms with Gasteiger partial charge in [-0.3, -0.25) is 19.4 Å². The Morgan fingerprint density at radius 3 is 2.64 bits per heavy atom. The Hall–Kier alpha value is -2.15. The van der Waals surface area contributed by atoms with Crippen LogP contribution in [0.2, 0.25) is 0 Å². The summed E-state index contributed by atoms with van der Waals surface area (Å²) < 4.78 is 7.19. The Bertz CT molecular complexity index is 820. The lowest BCUT2D eigenvalue weighted by atomic mass is 10.0. The van der Waals surface area contributed by atoms with Gasteiger partial charge in [0.15, 0.2) is 5.65 Å². The number of pyridine rings is 1. The number of amides is 1. The molecule has 0 aliphatic rings. The number of fused-ring (bicyclic) bond motifs is 1. The van der Waals surface area contributed by atoms with E-state index in [0.717, 1.165) is 23.2 Å². The number of nitrogens with one attached hydrogen (secondary N) is 2. The maximum absolute atomic E-state index is 12.2. The fraction of sp³-hybridized carbons (Fsp3) is 0.611. The topological polar surface area (TPSA) is 89.0 Å². The molecule has 0 radical (unpaired) electrons. The van der Waals surface area contributed by atoms with Crippen LogP contribution in [-0.4, -0.2) is 33.4 Å². The lowest BCUT2D eigenvalue weighted by Crippen LogP contribution is -2.34. The maximum atomic E-state index is 12.2. The van der Waals surface area contributed by atoms with E-state index in [-0.39, 0.29) is 11.5 Å². The number of H-pyrrole nitrogens is 1. The molecule has 1 amide bonds. The highest BCUT2D eigenvalue weighted by Crippen LogP contribution is 2.19. The van der Waals surface area contributed by atoms with Crippen LogP contribution in [0.15, 0.2) is 4.79 Å². The Balaban J connectivity index is 2.09. The van der Waals surface area contributed by atoms with Gasteiger partial charge in [-0.1, -0.05) is 13.8 Å². The molecular formula is C18H28N4O3. The van der Waals surface area contributed by atoms with Crippen molar-refractivity contribution >= 4 is 16.9 Å². The molecule has 2 aromatic rings. The third-order valence-corrected chi connectivity index (χ3v) is 4.45. The second kappa shape index (κ2) is 7.82. The number of aryl methyl sites for hydroxylation is 3. The molecule has 7 nitrogen and oxygen atoms in total. The number of carbonyl (C=O) groups excluding carboxylic acids is 1. The Labute approximate surface area is 147 Å². The number of aromatic amines is 1. The first-order chi connectivity index (χ1) is 11.7. The van der Waals surface area contributed by atoms with Crippen LogP contribution in [0, 0.1) is 19.8 Å². The van der Waals surface area contributed by atoms with E-state index in [4.69, 9.17) is 4.74 Å². The van der Waals surface area contributed by atoms with E-state index in [1.165, 1.54) is 0 Å². The molecule has 0 bridgehead atoms. The van der Waals surface area contributed by atoms with Crippen molar-refractivity contribution in [2.45, 2.75) is 53.7 Å². The molecule has 0 spiro atoms. The van der Waals surface area contributed by atoms with Gasteiger partial charge in [0.05, 0.1) is 5.39 Å². The van der Waals surface area contributed by atoms with Gasteiger partial charge in [0.2, 0.25) is 5.91 Å². The van der Waals surface area contributed by atoms with Crippen LogP contribution in [-0.2, 0) is 23.1 Å². The van der Waals surface area contributed by atoms with Gasteiger partial charge in [-0.25, -0.2) is 4.98 Å². The average molecular weight is 348 g/mol. The quantitative estimate of drug-likeness (QED) is 0.800. The van der Waals surface area contributed by atoms with Crippen molar-refractivity contribution in [2.75, 3.05) is 6.61 Å². The van der Waals surface area contributed by atoms with Crippen molar-refractivity contribution < 1.29 is 9.53 Å². The van der Waals surface area contributed by atoms with Gasteiger partial charge in [0, 0.05) is 25.9 Å². The van der Waals surface area contributed by atoms with Crippen LogP contribution >= 0.6 is 0 Å². The van der Waals surface area contributed by atoms with Crippen LogP contribution < -0.4 is 10.9 Å². The highest BCUT2D eigenvalue weighted by Gasteiger charge is 2.18. The lowest BCUT2D eigenvalue weighted by molar-refractivity contribution is -0.132. The van der Waals surface area contributed by atoms with Crippen molar-refractivity contribution in [2.24, 2.45) is 13.0 Å². The van der Waals surface area contributed by atoms with E-state index in [0.29, 0.717) is 30.1 Å². The van der Waals surface area contributed by atoms with Crippen LogP contribution in [0.4, 0.5) is 0 Å². The van der Waals surface area contributed by atoms with Gasteiger partial charge in [-0.15, -0.1) is 0 Å². The average Bonchev–Trinajstić information content (AvgIpc) is 2.80. The molecular weight excluding hydrogens is 320 g/mol. The van der Waals surface area contributed by atoms with E-state index >= 15 is 0 Å². The number of ether oxygens (including phenoxy) is 1. The van der Waals surface area contributed by atoms with Gasteiger partial charge in [0.25, 0.3) is 5.56 Å². The molecule has 7 heteroatoms. The third-order valence-electron chi connectivity index (χ3n) is 4.45. The number of carbonyl (C=O) groups is 1. The molecule has 1 atom stereocenters. The zero-order chi connectivity index (χ0) is 18.7. The summed E-state index contributed by atoms with van der Waals surface area (Å²) in [7, 11) is 1.76. The molecule has 138 valence electrons. The molecule has 0 saturated heterocycles. The highest BCUT2D eigenvalue weighted by molar-refractivity contribution is 5.82. The number of hydrogen-bond donors (Lipinski definition) is 2. The first-order valence-corrected chi connectivity index (χ1v) is 8.66. The first-order valence-electron chi connectivity index (χ1n) is 8.66. The second-order valence-corrected chi connectivity index (χ2v) is 6.91. The monoisotopic (exact) mass is 348 g/mol. The number of rotatable bonds is 7. The van der Waals surface area contributed by atoms with Crippen molar-refractivity contribution in [3.05, 3.63) is 27.2 Å². The second-order valence-electron chi connectivity index (χ2n) is 6.91. The third kappa shape index (κ3) is 4.28. The summed E-state index contributed by atoms with van der Waals surface area (Å²) in [6.45, 7) is 10.6. The first kappa shape index (κ1) is 19.2. The van der Waals surface area contributed by atoms with E-state index in [1.807, 2.05) is 13.8 Å². The van der Waals surface area contributed by atoms with Crippen molar-refractivity contribution in [1.82, 2.24) is 20.1 Å². The summed E-state index contributed by atoms with van der Waals surface area (Å²) in [5, 5.41) is 6.17. The van der Waals surface area contributed by atoms with Gasteiger partial charge < -0.3 is 10.1 Å². The largest absolute Gasteiger partial charge is 0.369 e. The Morgan fingerprint density at radius 1 is 1.32 bits per heavy atom. The van der Waals surface area contributed by atoms with Gasteiger partial charge in [-0.2, -0.15) is 0 Å². The number of aromatic nitrogens is 3. The van der Waals surface area contributed by atoms with Crippen molar-refractivity contribution in [3.8, 4) is 0 Å². The standard InChI is InChI=1S/C18H28N4O3/c1-10(2)7-8-25-13(5)17(23)19-9-14-11(3)15-16(20-12(14)4)22(6)21-18(15)24/h10,13H,7-9H2,1-6H3,(H,19,23)(H,21,24). The Morgan fingerprint density at radius 2 is 2.00 bits per heavy atom. The minimum atomic E-state index is -0.504. The predicted octanol–water partition coefficient (Wildman–Crippen LogP) is 1.95. The number of hydrogen-bond acceptors (Lipinski definition) is 4. The lowest BCUT2D eigenvalue weighted by Gasteiger charge is -2.16. The van der Waals surface area contributed by atoms with E-state index in [9.17, 15) is 9.59 Å². The van der Waals surface area contributed by atoms with E-state index < -0.39 is 6.10 Å². The normalized spacial score (nSPS) is 12.8. The molecule has 0 fully saturated rings. The minimum Gasteiger partial charge on any atom is -0.369 e. The zero-order valence-corrected chi connectivity index (χ0v) is 15.9. The van der Waals surface area contributed by atoms with Crippen LogP contribution in [0.5, 0.6) is 0 Å². The summed E-state index contributed by atoms with van der Waals surface area (Å²) in [6, 6.07) is 0. The van der Waals surface area contributed by atoms with Crippen LogP contribution in [0.1, 0.15) is 44.0 Å². The molecule has 2 aromatic heterocycles. The van der Waals surface area contributed by atoms with Crippen molar-refractivity contribution in [3.63, 3.8) is 0 Å². The summed E-state index contributed by atoms with van der Waals surface area (Å²) in [6.07, 6.45) is 0.420. The highest BCUT2D eigenvalue weighted by atomic mass is 16.5. The zero-order valence-electron chi connectivity index (χ0n) is 15.9. The molecule has 1 unspecified atom stereocenters. The van der Waals surface area contributed by atoms with E-state index in [1.54, 1.807) is 18.7 Å². The van der Waals surface area contributed by atoms with Gasteiger partial charge in [0.1, 0.15) is 6.10 Å². The number of nitrogens with zero attached hydrogens (tertiary/aromatic N) is 2. The SMILES string of the molecule is Cc1nc2c(c(C)c1CNC(=O)C(C)OCCC(C)C)c(=O)[nH]n2C. The fourth-order valence-corrected chi connectivity index (χ4v) is 2.78. The molecule has 0 saturated carbocycles. The van der Waals surface area contributed by atoms with Crippen LogP contribution in [0.25, 0.3) is 11.0 Å². The molecule has 2 heterocycles. The fourth-order valence-electron chi connectivity index (χ4n) is 2.78. The summed E-state index contributed by atoms with van der Waals surface area (Å²) in [5.41, 5.74) is 2.97. The van der Waals surface area contributed by atoms with Crippen molar-refractivity contribution in [1.29, 1.82) is 0 Å². The minimum absolute atomic E-state index is 0.162. The summed E-state index contributed by atoms with van der Waals surface area (Å²) in [5.74, 6) is 0.381. The summed E-state index contributed by atoms with van der Waals surface area (Å²) >= 11 is 0. The Kier molecular flexibility index (Phi) is 6.00. The molecule has 0 aliphatic carbocycles. The predicted molar refractivity (Wildman–Crippen MR) is 97.5 cm³/mol. The summed E-state index contributed by atoms with van der Waals surface area (Å²) in [4.78, 5) is 28.8. The van der Waals surface area contributed by atoms with Gasteiger partial charge >= 0.3 is 0 Å². The maximum Gasteiger partial charge on any atom is 0.273 e. The molecule has 0 aliphatic heterocycles. The molecule has 0 aromatic carbocycles. The van der Waals surface area contributed by atoms with Gasteiger partial charge in [-0.05, 0) is 44.2 Å².